The van der Waals surface area contributed by atoms with Crippen molar-refractivity contribution in [2.24, 2.45) is 0 Å². The monoisotopic (exact) mass is 497 g/mol. The van der Waals surface area contributed by atoms with Crippen LogP contribution in [0.15, 0.2) is 53.4 Å². The van der Waals surface area contributed by atoms with Crippen LogP contribution in [0.25, 0.3) is 0 Å². The van der Waals surface area contributed by atoms with Crippen LogP contribution in [0.4, 0.5) is 4.39 Å². The predicted octanol–water partition coefficient (Wildman–Crippen LogP) is 2.12. The molecule has 3 rings (SSSR count). The number of nitrogens with one attached hydrogen (secondary N) is 2. The number of carbonyl (C=O) groups is 1. The quantitative estimate of drug-likeness (QED) is 0.551. The SMILES string of the molecule is CC(C)NS(=O)(=O)Cc1ccccc1CNC(=O)C1CCCN1S(=O)(=O)c1ccc(F)cc1. The van der Waals surface area contributed by atoms with E-state index in [4.69, 9.17) is 0 Å². The number of hydrogen-bond donors (Lipinski definition) is 2. The number of rotatable bonds is 9. The van der Waals surface area contributed by atoms with Crippen molar-refractivity contribution < 1.29 is 26.0 Å². The molecule has 0 saturated carbocycles. The Labute approximate surface area is 194 Å². The van der Waals surface area contributed by atoms with Crippen LogP contribution in [0.3, 0.4) is 0 Å². The molecule has 8 nitrogen and oxygen atoms in total. The Hall–Kier alpha value is -2.34. The number of carbonyl (C=O) groups excluding carboxylic acids is 1. The van der Waals surface area contributed by atoms with E-state index in [9.17, 15) is 26.0 Å². The Balaban J connectivity index is 1.71. The maximum atomic E-state index is 13.2. The molecule has 11 heteroatoms. The average molecular weight is 498 g/mol. The predicted molar refractivity (Wildman–Crippen MR) is 122 cm³/mol. The third-order valence-electron chi connectivity index (χ3n) is 5.26. The first-order chi connectivity index (χ1) is 15.5. The van der Waals surface area contributed by atoms with E-state index in [-0.39, 0.29) is 29.8 Å². The molecular weight excluding hydrogens is 469 g/mol. The molecule has 0 bridgehead atoms. The molecule has 1 aliphatic heterocycles. The Morgan fingerprint density at radius 3 is 2.33 bits per heavy atom. The molecule has 180 valence electrons. The van der Waals surface area contributed by atoms with Crippen molar-refractivity contribution in [2.45, 2.75) is 56.0 Å². The zero-order valence-corrected chi connectivity index (χ0v) is 20.1. The molecule has 1 atom stereocenters. The Kier molecular flexibility index (Phi) is 7.88. The summed E-state index contributed by atoms with van der Waals surface area (Å²) in [7, 11) is -7.51. The van der Waals surface area contributed by atoms with Crippen LogP contribution in [0.1, 0.15) is 37.8 Å². The van der Waals surface area contributed by atoms with Crippen LogP contribution in [0, 0.1) is 5.82 Å². The third-order valence-corrected chi connectivity index (χ3v) is 8.70. The maximum Gasteiger partial charge on any atom is 0.243 e. The van der Waals surface area contributed by atoms with E-state index in [0.29, 0.717) is 24.0 Å². The second-order valence-corrected chi connectivity index (χ2v) is 11.9. The van der Waals surface area contributed by atoms with Crippen LogP contribution < -0.4 is 10.0 Å². The molecule has 0 spiro atoms. The van der Waals surface area contributed by atoms with Gasteiger partial charge in [-0.3, -0.25) is 4.79 Å². The molecule has 1 amide bonds. The second-order valence-electron chi connectivity index (χ2n) is 8.25. The minimum atomic E-state index is -3.96. The van der Waals surface area contributed by atoms with Gasteiger partial charge in [0.2, 0.25) is 26.0 Å². The summed E-state index contributed by atoms with van der Waals surface area (Å²) in [5.41, 5.74) is 1.18. The van der Waals surface area contributed by atoms with Gasteiger partial charge in [0.25, 0.3) is 0 Å². The minimum Gasteiger partial charge on any atom is -0.351 e. The van der Waals surface area contributed by atoms with Crippen LogP contribution in [-0.4, -0.2) is 45.7 Å². The Morgan fingerprint density at radius 2 is 1.70 bits per heavy atom. The van der Waals surface area contributed by atoms with Crippen molar-refractivity contribution in [3.8, 4) is 0 Å². The van der Waals surface area contributed by atoms with E-state index >= 15 is 0 Å². The second kappa shape index (κ2) is 10.3. The van der Waals surface area contributed by atoms with Gasteiger partial charge in [-0.2, -0.15) is 4.31 Å². The van der Waals surface area contributed by atoms with Crippen molar-refractivity contribution in [2.75, 3.05) is 6.54 Å². The molecule has 0 aromatic heterocycles. The fraction of sp³-hybridized carbons (Fsp3) is 0.409. The zero-order chi connectivity index (χ0) is 24.2. The molecule has 1 aliphatic rings. The minimum absolute atomic E-state index is 0.0626. The molecular formula is C22H28FN3O5S2. The summed E-state index contributed by atoms with van der Waals surface area (Å²) in [5, 5.41) is 2.75. The van der Waals surface area contributed by atoms with Crippen LogP contribution in [-0.2, 0) is 37.1 Å². The molecule has 33 heavy (non-hydrogen) atoms. The van der Waals surface area contributed by atoms with E-state index < -0.39 is 37.8 Å². The zero-order valence-electron chi connectivity index (χ0n) is 18.5. The van der Waals surface area contributed by atoms with Gasteiger partial charge >= 0.3 is 0 Å². The smallest absolute Gasteiger partial charge is 0.243 e. The summed E-state index contributed by atoms with van der Waals surface area (Å²) in [6.07, 6.45) is 0.884. The lowest BCUT2D eigenvalue weighted by molar-refractivity contribution is -0.124. The summed E-state index contributed by atoms with van der Waals surface area (Å²) in [4.78, 5) is 12.8. The summed E-state index contributed by atoms with van der Waals surface area (Å²) >= 11 is 0. The summed E-state index contributed by atoms with van der Waals surface area (Å²) in [5.74, 6) is -1.24. The van der Waals surface area contributed by atoms with Crippen molar-refractivity contribution in [1.82, 2.24) is 14.3 Å². The lowest BCUT2D eigenvalue weighted by atomic mass is 10.1. The molecule has 2 N–H and O–H groups in total. The van der Waals surface area contributed by atoms with Gasteiger partial charge in [-0.15, -0.1) is 0 Å². The molecule has 1 unspecified atom stereocenters. The van der Waals surface area contributed by atoms with Crippen LogP contribution >= 0.6 is 0 Å². The average Bonchev–Trinajstić information content (AvgIpc) is 3.23. The van der Waals surface area contributed by atoms with Gasteiger partial charge in [0, 0.05) is 19.1 Å². The number of sulfonamides is 2. The standard InChI is InChI=1S/C22H28FN3O5S2/c1-16(2)25-32(28,29)15-18-7-4-3-6-17(18)14-24-22(27)21-8-5-13-26(21)33(30,31)20-11-9-19(23)10-12-20/h3-4,6-7,9-12,16,21,25H,5,8,13-15H2,1-2H3,(H,24,27). The molecule has 1 heterocycles. The topological polar surface area (TPSA) is 113 Å². The summed E-state index contributed by atoms with van der Waals surface area (Å²) < 4.78 is 67.5. The van der Waals surface area contributed by atoms with Gasteiger partial charge < -0.3 is 5.32 Å². The van der Waals surface area contributed by atoms with Gasteiger partial charge in [-0.05, 0) is 62.1 Å². The number of nitrogens with zero attached hydrogens (tertiary/aromatic N) is 1. The van der Waals surface area contributed by atoms with Crippen LogP contribution in [0.2, 0.25) is 0 Å². The van der Waals surface area contributed by atoms with Gasteiger partial charge in [0.15, 0.2) is 0 Å². The highest BCUT2D eigenvalue weighted by Gasteiger charge is 2.39. The third kappa shape index (κ3) is 6.38. The van der Waals surface area contributed by atoms with Gasteiger partial charge in [-0.25, -0.2) is 25.9 Å². The summed E-state index contributed by atoms with van der Waals surface area (Å²) in [6.45, 7) is 3.72. The molecule has 1 saturated heterocycles. The molecule has 2 aromatic carbocycles. The highest BCUT2D eigenvalue weighted by Crippen LogP contribution is 2.26. The van der Waals surface area contributed by atoms with E-state index in [1.807, 2.05) is 0 Å². The first-order valence-electron chi connectivity index (χ1n) is 10.6. The molecule has 0 aliphatic carbocycles. The van der Waals surface area contributed by atoms with E-state index in [1.54, 1.807) is 38.1 Å². The van der Waals surface area contributed by atoms with E-state index in [1.165, 1.54) is 12.1 Å². The summed E-state index contributed by atoms with van der Waals surface area (Å²) in [6, 6.07) is 10.2. The molecule has 1 fully saturated rings. The maximum absolute atomic E-state index is 13.2. The van der Waals surface area contributed by atoms with Crippen molar-refractivity contribution >= 4 is 26.0 Å². The van der Waals surface area contributed by atoms with Crippen molar-refractivity contribution in [1.29, 1.82) is 0 Å². The Bertz CT molecular complexity index is 1200. The van der Waals surface area contributed by atoms with Gasteiger partial charge in [0.05, 0.1) is 10.6 Å². The fourth-order valence-corrected chi connectivity index (χ4v) is 6.96. The Morgan fingerprint density at radius 1 is 1.06 bits per heavy atom. The molecule has 0 radical (unpaired) electrons. The van der Waals surface area contributed by atoms with Gasteiger partial charge in [0.1, 0.15) is 11.9 Å². The number of hydrogen-bond acceptors (Lipinski definition) is 5. The highest BCUT2D eigenvalue weighted by molar-refractivity contribution is 7.89. The fourth-order valence-electron chi connectivity index (χ4n) is 3.81. The molecule has 2 aromatic rings. The largest absolute Gasteiger partial charge is 0.351 e. The van der Waals surface area contributed by atoms with E-state index in [2.05, 4.69) is 10.0 Å². The number of halogens is 1. The lowest BCUT2D eigenvalue weighted by Gasteiger charge is -2.23. The van der Waals surface area contributed by atoms with Crippen molar-refractivity contribution in [3.05, 3.63) is 65.5 Å². The number of amides is 1. The highest BCUT2D eigenvalue weighted by atomic mass is 32.2. The van der Waals surface area contributed by atoms with Crippen molar-refractivity contribution in [3.63, 3.8) is 0 Å². The van der Waals surface area contributed by atoms with E-state index in [0.717, 1.165) is 16.4 Å². The first-order valence-corrected chi connectivity index (χ1v) is 13.7. The van der Waals surface area contributed by atoms with Gasteiger partial charge in [-0.1, -0.05) is 24.3 Å². The first kappa shape index (κ1) is 25.3. The normalized spacial score (nSPS) is 17.4. The lowest BCUT2D eigenvalue weighted by Crippen LogP contribution is -2.45. The van der Waals surface area contributed by atoms with Crippen LogP contribution in [0.5, 0.6) is 0 Å². The number of benzene rings is 2.